The van der Waals surface area contributed by atoms with Crippen molar-refractivity contribution in [3.8, 4) is 0 Å². The average molecular weight is 468 g/mol. The fourth-order valence-corrected chi connectivity index (χ4v) is 5.20. The largest absolute Gasteiger partial charge is 0.388 e. The minimum absolute atomic E-state index is 0.0445. The van der Waals surface area contributed by atoms with Crippen molar-refractivity contribution in [1.82, 2.24) is 14.7 Å². The van der Waals surface area contributed by atoms with Crippen LogP contribution in [0, 0.1) is 0 Å². The number of likely N-dealkylation sites (tertiary alicyclic amines) is 1. The van der Waals surface area contributed by atoms with Crippen molar-refractivity contribution < 1.29 is 19.1 Å². The van der Waals surface area contributed by atoms with Crippen LogP contribution in [-0.2, 0) is 13.1 Å². The Balaban J connectivity index is 1.34. The van der Waals surface area contributed by atoms with Crippen LogP contribution in [0.5, 0.6) is 0 Å². The second kappa shape index (κ2) is 10.8. The summed E-state index contributed by atoms with van der Waals surface area (Å²) in [6.07, 6.45) is -0.121. The summed E-state index contributed by atoms with van der Waals surface area (Å²) in [5.74, 6) is -0.235. The topological polar surface area (TPSA) is 64.1 Å². The second-order valence-corrected chi connectivity index (χ2v) is 9.70. The van der Waals surface area contributed by atoms with E-state index < -0.39 is 12.8 Å². The Hall–Kier alpha value is -2.61. The quantitative estimate of drug-likeness (QED) is 0.634. The van der Waals surface area contributed by atoms with Crippen molar-refractivity contribution >= 4 is 11.7 Å². The number of rotatable bonds is 7. The number of benzene rings is 2. The average Bonchev–Trinajstić information content (AvgIpc) is 3.23. The highest BCUT2D eigenvalue weighted by Crippen LogP contribution is 2.22. The fourth-order valence-electron chi connectivity index (χ4n) is 5.20. The summed E-state index contributed by atoms with van der Waals surface area (Å²) < 4.78 is 13.4. The highest BCUT2D eigenvalue weighted by molar-refractivity contribution is 5.97. The maximum absolute atomic E-state index is 13.4. The van der Waals surface area contributed by atoms with Gasteiger partial charge in [0.15, 0.2) is 5.78 Å². The molecule has 2 aliphatic rings. The summed E-state index contributed by atoms with van der Waals surface area (Å²) in [5, 5.41) is 9.00. The van der Waals surface area contributed by atoms with Gasteiger partial charge in [-0.1, -0.05) is 36.4 Å². The van der Waals surface area contributed by atoms with Gasteiger partial charge >= 0.3 is 0 Å². The Morgan fingerprint density at radius 2 is 1.38 bits per heavy atom. The SMILES string of the molecule is C[C@@H]1CN(Cc2ccc(C(=O)CO)cc2)C[C@H](C)N1C(=O)c1ccc(CN2CC[C@@H](F)C2)cc1. The van der Waals surface area contributed by atoms with Crippen molar-refractivity contribution in [2.75, 3.05) is 32.8 Å². The predicted molar refractivity (Wildman–Crippen MR) is 129 cm³/mol. The van der Waals surface area contributed by atoms with Gasteiger partial charge in [0.2, 0.25) is 0 Å². The van der Waals surface area contributed by atoms with E-state index in [4.69, 9.17) is 5.11 Å². The van der Waals surface area contributed by atoms with Gasteiger partial charge in [0.25, 0.3) is 5.91 Å². The molecule has 182 valence electrons. The molecule has 0 aliphatic carbocycles. The maximum atomic E-state index is 13.4. The minimum Gasteiger partial charge on any atom is -0.388 e. The molecule has 2 saturated heterocycles. The van der Waals surface area contributed by atoms with Crippen molar-refractivity contribution in [2.45, 2.75) is 51.6 Å². The van der Waals surface area contributed by atoms with E-state index in [1.165, 1.54) is 0 Å². The predicted octanol–water partition coefficient (Wildman–Crippen LogP) is 3.14. The summed E-state index contributed by atoms with van der Waals surface area (Å²) in [4.78, 5) is 31.3. The van der Waals surface area contributed by atoms with Crippen LogP contribution in [0.1, 0.15) is 52.1 Å². The standard InChI is InChI=1S/C27H34FN3O3/c1-19-13-30(16-22-3-7-23(8-4-22)26(33)18-32)14-20(2)31(19)27(34)24-9-5-21(6-10-24)15-29-12-11-25(28)17-29/h3-10,19-20,25,32H,11-18H2,1-2H3/t19-,20+,25-/m1/s1. The number of amides is 1. The zero-order chi connectivity index (χ0) is 24.2. The van der Waals surface area contributed by atoms with Crippen LogP contribution in [0.15, 0.2) is 48.5 Å². The number of halogens is 1. The van der Waals surface area contributed by atoms with Gasteiger partial charge in [0.05, 0.1) is 0 Å². The molecule has 3 atom stereocenters. The first-order valence-corrected chi connectivity index (χ1v) is 12.1. The van der Waals surface area contributed by atoms with E-state index in [0.29, 0.717) is 24.1 Å². The van der Waals surface area contributed by atoms with Gasteiger partial charge in [0.1, 0.15) is 12.8 Å². The van der Waals surface area contributed by atoms with Crippen LogP contribution in [0.4, 0.5) is 4.39 Å². The number of Topliss-reactive ketones (excluding diaryl/α,β-unsaturated/α-hetero) is 1. The van der Waals surface area contributed by atoms with Gasteiger partial charge in [-0.15, -0.1) is 0 Å². The zero-order valence-electron chi connectivity index (χ0n) is 20.0. The normalized spacial score (nSPS) is 23.9. The number of piperazine rings is 1. The van der Waals surface area contributed by atoms with Crippen LogP contribution >= 0.6 is 0 Å². The molecule has 7 heteroatoms. The van der Waals surface area contributed by atoms with Crippen LogP contribution in [0.2, 0.25) is 0 Å². The Bertz CT molecular complexity index is 983. The van der Waals surface area contributed by atoms with Crippen molar-refractivity contribution in [3.63, 3.8) is 0 Å². The van der Waals surface area contributed by atoms with Gasteiger partial charge < -0.3 is 10.0 Å². The lowest BCUT2D eigenvalue weighted by Gasteiger charge is -2.44. The lowest BCUT2D eigenvalue weighted by molar-refractivity contribution is 0.0268. The molecule has 1 N–H and O–H groups in total. The number of hydrogen-bond acceptors (Lipinski definition) is 5. The van der Waals surface area contributed by atoms with Crippen LogP contribution in [0.3, 0.4) is 0 Å². The molecule has 0 radical (unpaired) electrons. The summed E-state index contributed by atoms with van der Waals surface area (Å²) in [6.45, 7) is 7.96. The van der Waals surface area contributed by atoms with Crippen LogP contribution in [-0.4, -0.2) is 82.5 Å². The first-order valence-electron chi connectivity index (χ1n) is 12.1. The molecule has 34 heavy (non-hydrogen) atoms. The first kappa shape index (κ1) is 24.5. The summed E-state index contributed by atoms with van der Waals surface area (Å²) in [7, 11) is 0. The monoisotopic (exact) mass is 467 g/mol. The molecule has 2 aromatic rings. The molecule has 0 unspecified atom stereocenters. The van der Waals surface area contributed by atoms with E-state index in [-0.39, 0.29) is 23.8 Å². The molecule has 2 heterocycles. The van der Waals surface area contributed by atoms with Crippen molar-refractivity contribution in [2.24, 2.45) is 0 Å². The zero-order valence-corrected chi connectivity index (χ0v) is 20.0. The van der Waals surface area contributed by atoms with Crippen LogP contribution < -0.4 is 0 Å². The molecule has 0 saturated carbocycles. The third-order valence-electron chi connectivity index (χ3n) is 6.88. The minimum atomic E-state index is -0.725. The molecule has 2 fully saturated rings. The molecule has 1 amide bonds. The number of hydrogen-bond donors (Lipinski definition) is 1. The number of ketones is 1. The Morgan fingerprint density at radius 3 is 1.88 bits per heavy atom. The molecule has 2 aromatic carbocycles. The number of carbonyl (C=O) groups excluding carboxylic acids is 2. The molecule has 2 aliphatic heterocycles. The van der Waals surface area contributed by atoms with Crippen LogP contribution in [0.25, 0.3) is 0 Å². The Labute approximate surface area is 201 Å². The molecule has 4 rings (SSSR count). The van der Waals surface area contributed by atoms with Gasteiger partial charge in [-0.3, -0.25) is 19.4 Å². The van der Waals surface area contributed by atoms with E-state index in [1.807, 2.05) is 41.3 Å². The van der Waals surface area contributed by atoms with E-state index in [2.05, 4.69) is 23.6 Å². The van der Waals surface area contributed by atoms with Crippen molar-refractivity contribution in [3.05, 3.63) is 70.8 Å². The number of aliphatic hydroxyl groups is 1. The lowest BCUT2D eigenvalue weighted by Crippen LogP contribution is -2.58. The van der Waals surface area contributed by atoms with E-state index in [1.54, 1.807) is 12.1 Å². The maximum Gasteiger partial charge on any atom is 0.254 e. The Kier molecular flexibility index (Phi) is 7.76. The number of nitrogens with zero attached hydrogens (tertiary/aromatic N) is 3. The van der Waals surface area contributed by atoms with E-state index >= 15 is 0 Å². The molecular weight excluding hydrogens is 433 g/mol. The molecule has 0 aromatic heterocycles. The smallest absolute Gasteiger partial charge is 0.254 e. The highest BCUT2D eigenvalue weighted by Gasteiger charge is 2.33. The summed E-state index contributed by atoms with van der Waals surface area (Å²) in [5.41, 5.74) is 3.40. The molecule has 0 bridgehead atoms. The third kappa shape index (κ3) is 5.71. The van der Waals surface area contributed by atoms with E-state index in [9.17, 15) is 14.0 Å². The number of aliphatic hydroxyl groups excluding tert-OH is 1. The summed E-state index contributed by atoms with van der Waals surface area (Å²) >= 11 is 0. The van der Waals surface area contributed by atoms with Gasteiger partial charge in [-0.05, 0) is 43.5 Å². The molecular formula is C27H34FN3O3. The number of alkyl halides is 1. The highest BCUT2D eigenvalue weighted by atomic mass is 19.1. The van der Waals surface area contributed by atoms with Gasteiger partial charge in [-0.25, -0.2) is 4.39 Å². The second-order valence-electron chi connectivity index (χ2n) is 9.70. The molecule has 0 spiro atoms. The third-order valence-corrected chi connectivity index (χ3v) is 6.88. The molecule has 6 nitrogen and oxygen atoms in total. The Morgan fingerprint density at radius 1 is 0.853 bits per heavy atom. The number of carbonyl (C=O) groups is 2. The van der Waals surface area contributed by atoms with Crippen molar-refractivity contribution in [1.29, 1.82) is 0 Å². The van der Waals surface area contributed by atoms with Gasteiger partial charge in [0, 0.05) is 62.5 Å². The van der Waals surface area contributed by atoms with Gasteiger partial charge in [-0.2, -0.15) is 0 Å². The fraction of sp³-hybridized carbons (Fsp3) is 0.481. The summed E-state index contributed by atoms with van der Waals surface area (Å²) in [6, 6.07) is 15.2. The van der Waals surface area contributed by atoms with E-state index in [0.717, 1.165) is 43.9 Å². The lowest BCUT2D eigenvalue weighted by atomic mass is 10.0. The first-order chi connectivity index (χ1) is 16.3.